The van der Waals surface area contributed by atoms with Crippen LogP contribution in [0.2, 0.25) is 0 Å². The van der Waals surface area contributed by atoms with Gasteiger partial charge < -0.3 is 14.6 Å². The Balaban J connectivity index is 3.09. The van der Waals surface area contributed by atoms with Crippen LogP contribution in [-0.2, 0) is 15.1 Å². The monoisotopic (exact) mass is 246 g/mol. The number of methoxy groups -OCH3 is 1. The third-order valence-corrected chi connectivity index (χ3v) is 2.43. The molecule has 0 aliphatic heterocycles. The number of carboxylic acids is 1. The van der Waals surface area contributed by atoms with Gasteiger partial charge in [-0.2, -0.15) is 8.78 Å². The standard InChI is InChI=1S/C11H12F2O4/c1-11(16-2,9(14)15)7-4-3-5-8(6-7)17-10(12)13/h3-6,10H,1-2H3,(H,14,15). The van der Waals surface area contributed by atoms with Gasteiger partial charge in [0, 0.05) is 7.11 Å². The highest BCUT2D eigenvalue weighted by atomic mass is 19.3. The summed E-state index contributed by atoms with van der Waals surface area (Å²) in [6.07, 6.45) is 0. The Morgan fingerprint density at radius 3 is 2.59 bits per heavy atom. The molecule has 1 aromatic carbocycles. The van der Waals surface area contributed by atoms with E-state index in [4.69, 9.17) is 9.84 Å². The minimum atomic E-state index is -2.95. The van der Waals surface area contributed by atoms with Crippen LogP contribution in [0, 0.1) is 0 Å². The quantitative estimate of drug-likeness (QED) is 0.865. The SMILES string of the molecule is COC(C)(C(=O)O)c1cccc(OC(F)F)c1. The largest absolute Gasteiger partial charge is 0.479 e. The molecule has 0 radical (unpaired) electrons. The molecule has 0 saturated carbocycles. The second-order valence-electron chi connectivity index (χ2n) is 3.45. The summed E-state index contributed by atoms with van der Waals surface area (Å²) in [5.41, 5.74) is -1.37. The molecule has 0 aliphatic carbocycles. The Morgan fingerprint density at radius 1 is 1.47 bits per heavy atom. The molecule has 0 heterocycles. The van der Waals surface area contributed by atoms with E-state index in [9.17, 15) is 13.6 Å². The lowest BCUT2D eigenvalue weighted by atomic mass is 9.96. The Labute approximate surface area is 96.8 Å². The molecule has 0 saturated heterocycles. The highest BCUT2D eigenvalue weighted by Gasteiger charge is 2.35. The van der Waals surface area contributed by atoms with E-state index in [0.717, 1.165) is 0 Å². The van der Waals surface area contributed by atoms with E-state index in [1.165, 1.54) is 38.3 Å². The zero-order chi connectivity index (χ0) is 13.1. The maximum Gasteiger partial charge on any atom is 0.387 e. The molecule has 0 fully saturated rings. The first-order chi connectivity index (χ1) is 7.90. The van der Waals surface area contributed by atoms with Gasteiger partial charge in [-0.05, 0) is 24.6 Å². The van der Waals surface area contributed by atoms with Crippen molar-refractivity contribution in [3.05, 3.63) is 29.8 Å². The number of ether oxygens (including phenoxy) is 2. The van der Waals surface area contributed by atoms with E-state index in [0.29, 0.717) is 0 Å². The predicted octanol–water partition coefficient (Wildman–Crippen LogP) is 2.23. The summed E-state index contributed by atoms with van der Waals surface area (Å²) in [7, 11) is 1.23. The van der Waals surface area contributed by atoms with Crippen molar-refractivity contribution < 1.29 is 28.2 Å². The van der Waals surface area contributed by atoms with Crippen LogP contribution in [0.3, 0.4) is 0 Å². The Bertz CT molecular complexity index is 408. The van der Waals surface area contributed by atoms with Crippen molar-refractivity contribution in [1.29, 1.82) is 0 Å². The molecule has 17 heavy (non-hydrogen) atoms. The van der Waals surface area contributed by atoms with E-state index in [1.807, 2.05) is 0 Å². The van der Waals surface area contributed by atoms with E-state index >= 15 is 0 Å². The number of hydrogen-bond donors (Lipinski definition) is 1. The molecule has 1 atom stereocenters. The molecule has 1 N–H and O–H groups in total. The number of hydrogen-bond acceptors (Lipinski definition) is 3. The second-order valence-corrected chi connectivity index (χ2v) is 3.45. The number of carbonyl (C=O) groups is 1. The molecule has 0 aromatic heterocycles. The molecule has 0 bridgehead atoms. The van der Waals surface area contributed by atoms with Crippen LogP contribution in [0.5, 0.6) is 5.75 Å². The van der Waals surface area contributed by atoms with Gasteiger partial charge >= 0.3 is 12.6 Å². The zero-order valence-electron chi connectivity index (χ0n) is 9.31. The fourth-order valence-electron chi connectivity index (χ4n) is 1.30. The highest BCUT2D eigenvalue weighted by molar-refractivity contribution is 5.79. The van der Waals surface area contributed by atoms with Gasteiger partial charge in [0.25, 0.3) is 0 Å². The lowest BCUT2D eigenvalue weighted by Crippen LogP contribution is -2.34. The van der Waals surface area contributed by atoms with Gasteiger partial charge in [0.2, 0.25) is 0 Å². The van der Waals surface area contributed by atoms with E-state index in [-0.39, 0.29) is 11.3 Å². The lowest BCUT2D eigenvalue weighted by molar-refractivity contribution is -0.161. The Hall–Kier alpha value is -1.69. The van der Waals surface area contributed by atoms with Gasteiger partial charge in [-0.25, -0.2) is 4.79 Å². The minimum Gasteiger partial charge on any atom is -0.479 e. The third-order valence-electron chi connectivity index (χ3n) is 2.43. The van der Waals surface area contributed by atoms with Crippen LogP contribution in [0.15, 0.2) is 24.3 Å². The van der Waals surface area contributed by atoms with Crippen LogP contribution in [0.4, 0.5) is 8.78 Å². The minimum absolute atomic E-state index is 0.109. The zero-order valence-corrected chi connectivity index (χ0v) is 9.31. The maximum absolute atomic E-state index is 12.0. The van der Waals surface area contributed by atoms with Crippen LogP contribution < -0.4 is 4.74 Å². The molecule has 1 rings (SSSR count). The average Bonchev–Trinajstić information content (AvgIpc) is 2.27. The summed E-state index contributed by atoms with van der Waals surface area (Å²) in [6, 6.07) is 5.42. The summed E-state index contributed by atoms with van der Waals surface area (Å²) >= 11 is 0. The normalized spacial score (nSPS) is 14.4. The summed E-state index contributed by atoms with van der Waals surface area (Å²) in [6.45, 7) is -1.62. The van der Waals surface area contributed by atoms with Crippen molar-refractivity contribution in [2.24, 2.45) is 0 Å². The number of rotatable bonds is 5. The summed E-state index contributed by atoms with van der Waals surface area (Å²) in [5.74, 6) is -1.32. The van der Waals surface area contributed by atoms with Gasteiger partial charge in [0.1, 0.15) is 5.75 Å². The topological polar surface area (TPSA) is 55.8 Å². The van der Waals surface area contributed by atoms with E-state index < -0.39 is 18.2 Å². The van der Waals surface area contributed by atoms with Crippen molar-refractivity contribution in [3.8, 4) is 5.75 Å². The average molecular weight is 246 g/mol. The Kier molecular flexibility index (Phi) is 4.01. The molecule has 4 nitrogen and oxygen atoms in total. The highest BCUT2D eigenvalue weighted by Crippen LogP contribution is 2.28. The lowest BCUT2D eigenvalue weighted by Gasteiger charge is -2.23. The smallest absolute Gasteiger partial charge is 0.387 e. The molecular formula is C11H12F2O4. The van der Waals surface area contributed by atoms with Crippen molar-refractivity contribution in [2.45, 2.75) is 19.1 Å². The first-order valence-electron chi connectivity index (χ1n) is 4.74. The number of aliphatic carboxylic acids is 1. The predicted molar refractivity (Wildman–Crippen MR) is 55.1 cm³/mol. The van der Waals surface area contributed by atoms with E-state index in [2.05, 4.69) is 4.74 Å². The van der Waals surface area contributed by atoms with Crippen molar-refractivity contribution >= 4 is 5.97 Å². The van der Waals surface area contributed by atoms with Crippen molar-refractivity contribution in [3.63, 3.8) is 0 Å². The van der Waals surface area contributed by atoms with Crippen molar-refractivity contribution in [2.75, 3.05) is 7.11 Å². The third kappa shape index (κ3) is 2.91. The van der Waals surface area contributed by atoms with Crippen LogP contribution in [0.25, 0.3) is 0 Å². The van der Waals surface area contributed by atoms with Gasteiger partial charge in [-0.1, -0.05) is 12.1 Å². The van der Waals surface area contributed by atoms with Crippen LogP contribution in [0.1, 0.15) is 12.5 Å². The maximum atomic E-state index is 12.0. The fourth-order valence-corrected chi connectivity index (χ4v) is 1.30. The molecule has 94 valence electrons. The number of carboxylic acid groups (broad SMARTS) is 1. The first-order valence-corrected chi connectivity index (χ1v) is 4.74. The Morgan fingerprint density at radius 2 is 2.12 bits per heavy atom. The first kappa shape index (κ1) is 13.4. The van der Waals surface area contributed by atoms with Crippen LogP contribution in [-0.4, -0.2) is 24.8 Å². The van der Waals surface area contributed by atoms with Gasteiger partial charge in [0.05, 0.1) is 0 Å². The van der Waals surface area contributed by atoms with Gasteiger partial charge in [0.15, 0.2) is 5.60 Å². The number of benzene rings is 1. The molecule has 0 aliphatic rings. The molecule has 0 spiro atoms. The summed E-state index contributed by atoms with van der Waals surface area (Å²) in [5, 5.41) is 9.04. The molecule has 1 aromatic rings. The van der Waals surface area contributed by atoms with Gasteiger partial charge in [-0.15, -0.1) is 0 Å². The van der Waals surface area contributed by atoms with Crippen molar-refractivity contribution in [1.82, 2.24) is 0 Å². The molecule has 0 amide bonds. The summed E-state index contributed by atoms with van der Waals surface area (Å²) < 4.78 is 33.1. The number of halogens is 2. The van der Waals surface area contributed by atoms with Crippen LogP contribution >= 0.6 is 0 Å². The van der Waals surface area contributed by atoms with E-state index in [1.54, 1.807) is 0 Å². The summed E-state index contributed by atoms with van der Waals surface area (Å²) in [4.78, 5) is 11.1. The molecular weight excluding hydrogens is 234 g/mol. The second kappa shape index (κ2) is 5.09. The molecule has 6 heteroatoms. The molecule has 1 unspecified atom stereocenters. The van der Waals surface area contributed by atoms with Gasteiger partial charge in [-0.3, -0.25) is 0 Å². The fraction of sp³-hybridized carbons (Fsp3) is 0.364. The number of alkyl halides is 2.